The lowest BCUT2D eigenvalue weighted by Crippen LogP contribution is -2.16. The summed E-state index contributed by atoms with van der Waals surface area (Å²) in [7, 11) is 4.21. The van der Waals surface area contributed by atoms with E-state index in [1.807, 2.05) is 0 Å². The summed E-state index contributed by atoms with van der Waals surface area (Å²) in [4.78, 5) is 35.5. The molecule has 0 radical (unpaired) electrons. The van der Waals surface area contributed by atoms with E-state index in [1.165, 1.54) is 39.5 Å². The van der Waals surface area contributed by atoms with Crippen molar-refractivity contribution < 1.29 is 38.2 Å². The van der Waals surface area contributed by atoms with Crippen molar-refractivity contribution in [3.05, 3.63) is 51.6 Å². The molecule has 0 saturated heterocycles. The van der Waals surface area contributed by atoms with Crippen molar-refractivity contribution in [3.63, 3.8) is 0 Å². The third-order valence-electron chi connectivity index (χ3n) is 4.04. The van der Waals surface area contributed by atoms with Gasteiger partial charge in [0.1, 0.15) is 5.56 Å². The Morgan fingerprint density at radius 2 is 1.57 bits per heavy atom. The van der Waals surface area contributed by atoms with E-state index in [9.17, 15) is 19.7 Å². The Morgan fingerprint density at radius 3 is 2.13 bits per heavy atom. The second kappa shape index (κ2) is 10.1. The van der Waals surface area contributed by atoms with Crippen molar-refractivity contribution in [2.24, 2.45) is 0 Å². The van der Waals surface area contributed by atoms with Crippen LogP contribution in [0, 0.1) is 10.1 Å². The highest BCUT2D eigenvalue weighted by Crippen LogP contribution is 2.35. The SMILES string of the molecule is CCOc1cc([N+](=O)[O-])c(C(=O)OCC(=O)c2ccc(OC)c(OC)c2)cc1OC. The van der Waals surface area contributed by atoms with Crippen LogP contribution in [0.3, 0.4) is 0 Å². The zero-order valence-corrected chi connectivity index (χ0v) is 16.9. The topological polar surface area (TPSA) is 123 Å². The maximum Gasteiger partial charge on any atom is 0.345 e. The van der Waals surface area contributed by atoms with Gasteiger partial charge in [0.15, 0.2) is 35.4 Å². The average Bonchev–Trinajstić information content (AvgIpc) is 2.76. The molecule has 10 heteroatoms. The summed E-state index contributed by atoms with van der Waals surface area (Å²) in [5.41, 5.74) is -0.664. The van der Waals surface area contributed by atoms with E-state index in [-0.39, 0.29) is 29.2 Å². The van der Waals surface area contributed by atoms with Crippen molar-refractivity contribution in [2.75, 3.05) is 34.5 Å². The number of rotatable bonds is 10. The molecule has 0 saturated carbocycles. The molecule has 30 heavy (non-hydrogen) atoms. The van der Waals surface area contributed by atoms with Crippen LogP contribution >= 0.6 is 0 Å². The van der Waals surface area contributed by atoms with Gasteiger partial charge in [-0.25, -0.2) is 4.79 Å². The molecule has 0 heterocycles. The number of hydrogen-bond acceptors (Lipinski definition) is 9. The van der Waals surface area contributed by atoms with Gasteiger partial charge in [0.25, 0.3) is 5.69 Å². The van der Waals surface area contributed by atoms with Crippen LogP contribution in [0.1, 0.15) is 27.6 Å². The molecule has 0 aliphatic heterocycles. The number of ketones is 1. The highest BCUT2D eigenvalue weighted by Gasteiger charge is 2.26. The quantitative estimate of drug-likeness (QED) is 0.247. The van der Waals surface area contributed by atoms with Gasteiger partial charge >= 0.3 is 5.97 Å². The van der Waals surface area contributed by atoms with Crippen LogP contribution < -0.4 is 18.9 Å². The van der Waals surface area contributed by atoms with Gasteiger partial charge < -0.3 is 23.7 Å². The molecule has 0 spiro atoms. The number of carbonyl (C=O) groups is 2. The third kappa shape index (κ3) is 4.96. The highest BCUT2D eigenvalue weighted by molar-refractivity contribution is 6.01. The van der Waals surface area contributed by atoms with Gasteiger partial charge in [-0.2, -0.15) is 0 Å². The number of esters is 1. The first-order chi connectivity index (χ1) is 14.4. The average molecular weight is 419 g/mol. The third-order valence-corrected chi connectivity index (χ3v) is 4.04. The minimum Gasteiger partial charge on any atom is -0.493 e. The number of ether oxygens (including phenoxy) is 5. The number of benzene rings is 2. The number of nitrogens with zero attached hydrogens (tertiary/aromatic N) is 1. The summed E-state index contributed by atoms with van der Waals surface area (Å²) >= 11 is 0. The predicted octanol–water partition coefficient (Wildman–Crippen LogP) is 3.06. The van der Waals surface area contributed by atoms with E-state index >= 15 is 0 Å². The van der Waals surface area contributed by atoms with Crippen LogP contribution in [0.5, 0.6) is 23.0 Å². The molecule has 0 unspecified atom stereocenters. The molecule has 2 aromatic carbocycles. The molecule has 2 aromatic rings. The largest absolute Gasteiger partial charge is 0.493 e. The van der Waals surface area contributed by atoms with Crippen molar-refractivity contribution in [3.8, 4) is 23.0 Å². The summed E-state index contributed by atoms with van der Waals surface area (Å²) in [6.45, 7) is 1.32. The molecule has 0 amide bonds. The van der Waals surface area contributed by atoms with Gasteiger partial charge in [-0.05, 0) is 25.1 Å². The summed E-state index contributed by atoms with van der Waals surface area (Å²) in [5, 5.41) is 11.4. The molecular formula is C20H21NO9. The van der Waals surface area contributed by atoms with E-state index in [0.29, 0.717) is 11.5 Å². The summed E-state index contributed by atoms with van der Waals surface area (Å²) in [6.07, 6.45) is 0. The number of nitro benzene ring substituents is 1. The summed E-state index contributed by atoms with van der Waals surface area (Å²) < 4.78 is 25.7. The first kappa shape index (κ1) is 22.5. The van der Waals surface area contributed by atoms with E-state index in [2.05, 4.69) is 0 Å². The Kier molecular flexibility index (Phi) is 7.56. The number of Topliss-reactive ketones (excluding diaryl/α,β-unsaturated/α-hetero) is 1. The smallest absolute Gasteiger partial charge is 0.345 e. The molecule has 0 aromatic heterocycles. The fourth-order valence-electron chi connectivity index (χ4n) is 2.59. The Balaban J connectivity index is 2.23. The first-order valence-corrected chi connectivity index (χ1v) is 8.77. The molecule has 0 atom stereocenters. The second-order valence-electron chi connectivity index (χ2n) is 5.78. The second-order valence-corrected chi connectivity index (χ2v) is 5.78. The Morgan fingerprint density at radius 1 is 0.933 bits per heavy atom. The molecule has 0 N–H and O–H groups in total. The van der Waals surface area contributed by atoms with Gasteiger partial charge in [-0.3, -0.25) is 14.9 Å². The van der Waals surface area contributed by atoms with Crippen LogP contribution in [-0.4, -0.2) is 51.2 Å². The zero-order chi connectivity index (χ0) is 22.3. The number of methoxy groups -OCH3 is 3. The zero-order valence-electron chi connectivity index (χ0n) is 16.9. The van der Waals surface area contributed by atoms with E-state index in [4.69, 9.17) is 23.7 Å². The lowest BCUT2D eigenvalue weighted by Gasteiger charge is -2.12. The van der Waals surface area contributed by atoms with E-state index in [1.54, 1.807) is 6.92 Å². The fourth-order valence-corrected chi connectivity index (χ4v) is 2.59. The summed E-state index contributed by atoms with van der Waals surface area (Å²) in [5.74, 6) is -0.559. The van der Waals surface area contributed by atoms with Crippen molar-refractivity contribution in [1.29, 1.82) is 0 Å². The standard InChI is InChI=1S/C20H21NO9/c1-5-29-19-10-14(21(24)25)13(9-18(19)28-4)20(23)30-11-15(22)12-6-7-16(26-2)17(8-12)27-3/h6-10H,5,11H2,1-4H3. The highest BCUT2D eigenvalue weighted by atomic mass is 16.6. The molecule has 0 aliphatic carbocycles. The fraction of sp³-hybridized carbons (Fsp3) is 0.300. The van der Waals surface area contributed by atoms with Gasteiger partial charge in [0.05, 0.1) is 38.9 Å². The Hall–Kier alpha value is -3.82. The molecular weight excluding hydrogens is 398 g/mol. The lowest BCUT2D eigenvalue weighted by molar-refractivity contribution is -0.385. The number of nitro groups is 1. The van der Waals surface area contributed by atoms with Crippen molar-refractivity contribution in [2.45, 2.75) is 6.92 Å². The summed E-state index contributed by atoms with van der Waals surface area (Å²) in [6, 6.07) is 6.69. The van der Waals surface area contributed by atoms with E-state index < -0.39 is 29.0 Å². The normalized spacial score (nSPS) is 10.1. The Bertz CT molecular complexity index is 956. The van der Waals surface area contributed by atoms with Crippen LogP contribution in [0.4, 0.5) is 5.69 Å². The minimum absolute atomic E-state index is 0.115. The maximum absolute atomic E-state index is 12.4. The van der Waals surface area contributed by atoms with Crippen LogP contribution in [0.15, 0.2) is 30.3 Å². The molecule has 0 aliphatic rings. The van der Waals surface area contributed by atoms with Crippen LogP contribution in [-0.2, 0) is 4.74 Å². The molecule has 0 fully saturated rings. The first-order valence-electron chi connectivity index (χ1n) is 8.77. The van der Waals surface area contributed by atoms with Gasteiger partial charge in [-0.15, -0.1) is 0 Å². The van der Waals surface area contributed by atoms with E-state index in [0.717, 1.165) is 12.1 Å². The van der Waals surface area contributed by atoms with Gasteiger partial charge in [0.2, 0.25) is 0 Å². The monoisotopic (exact) mass is 419 g/mol. The van der Waals surface area contributed by atoms with Gasteiger partial charge in [-0.1, -0.05) is 0 Å². The predicted molar refractivity (Wildman–Crippen MR) is 105 cm³/mol. The van der Waals surface area contributed by atoms with Gasteiger partial charge in [0, 0.05) is 11.6 Å². The molecule has 10 nitrogen and oxygen atoms in total. The number of carbonyl (C=O) groups excluding carboxylic acids is 2. The van der Waals surface area contributed by atoms with Crippen LogP contribution in [0.25, 0.3) is 0 Å². The maximum atomic E-state index is 12.4. The number of hydrogen-bond donors (Lipinski definition) is 0. The molecule has 2 rings (SSSR count). The van der Waals surface area contributed by atoms with Crippen molar-refractivity contribution in [1.82, 2.24) is 0 Å². The van der Waals surface area contributed by atoms with Crippen molar-refractivity contribution >= 4 is 17.4 Å². The lowest BCUT2D eigenvalue weighted by atomic mass is 10.1. The van der Waals surface area contributed by atoms with Crippen LogP contribution in [0.2, 0.25) is 0 Å². The molecule has 0 bridgehead atoms. The molecule has 160 valence electrons. The Labute approximate surface area is 172 Å². The minimum atomic E-state index is -1.04.